The number of carbonyl (C=O) groups excluding carboxylic acids is 1. The molecule has 0 spiro atoms. The molecule has 3 aromatic rings. The SMILES string of the molecule is N#CCOc1ccc2ccccc2[n+]1CC(=O)c1ccccc1. The molecule has 0 unspecified atom stereocenters. The molecule has 23 heavy (non-hydrogen) atoms. The number of fused-ring (bicyclic) bond motifs is 1. The van der Waals surface area contributed by atoms with Gasteiger partial charge in [-0.2, -0.15) is 9.83 Å². The van der Waals surface area contributed by atoms with Crippen molar-refractivity contribution in [2.75, 3.05) is 6.61 Å². The third-order valence-corrected chi connectivity index (χ3v) is 3.58. The van der Waals surface area contributed by atoms with Crippen LogP contribution >= 0.6 is 0 Å². The summed E-state index contributed by atoms with van der Waals surface area (Å²) in [6, 6.07) is 22.6. The van der Waals surface area contributed by atoms with E-state index in [1.807, 2.05) is 59.2 Å². The summed E-state index contributed by atoms with van der Waals surface area (Å²) in [7, 11) is 0. The van der Waals surface area contributed by atoms with Crippen LogP contribution in [-0.4, -0.2) is 12.4 Å². The number of aromatic nitrogens is 1. The lowest BCUT2D eigenvalue weighted by Gasteiger charge is -2.06. The molecule has 0 aliphatic rings. The molecular formula is C19H15N2O2+. The maximum atomic E-state index is 12.5. The molecular weight excluding hydrogens is 288 g/mol. The Kier molecular flexibility index (Phi) is 4.30. The van der Waals surface area contributed by atoms with Gasteiger partial charge in [-0.1, -0.05) is 42.5 Å². The normalized spacial score (nSPS) is 10.2. The van der Waals surface area contributed by atoms with Gasteiger partial charge in [0.15, 0.2) is 6.61 Å². The average Bonchev–Trinajstić information content (AvgIpc) is 2.61. The number of nitrogens with zero attached hydrogens (tertiary/aromatic N) is 2. The highest BCUT2D eigenvalue weighted by Crippen LogP contribution is 2.15. The van der Waals surface area contributed by atoms with Gasteiger partial charge in [-0.25, -0.2) is 0 Å². The largest absolute Gasteiger partial charge is 0.429 e. The number of ether oxygens (including phenoxy) is 1. The number of hydrogen-bond acceptors (Lipinski definition) is 3. The van der Waals surface area contributed by atoms with Gasteiger partial charge in [0.1, 0.15) is 6.07 Å². The third-order valence-electron chi connectivity index (χ3n) is 3.58. The lowest BCUT2D eigenvalue weighted by atomic mass is 10.1. The average molecular weight is 303 g/mol. The van der Waals surface area contributed by atoms with E-state index in [4.69, 9.17) is 10.00 Å². The van der Waals surface area contributed by atoms with Crippen LogP contribution in [0.1, 0.15) is 10.4 Å². The van der Waals surface area contributed by atoms with Crippen LogP contribution in [0.4, 0.5) is 0 Å². The van der Waals surface area contributed by atoms with Crippen LogP contribution in [-0.2, 0) is 6.54 Å². The molecule has 0 N–H and O–H groups in total. The molecule has 0 aliphatic carbocycles. The second-order valence-electron chi connectivity index (χ2n) is 5.05. The molecule has 2 aromatic carbocycles. The Labute approximate surface area is 134 Å². The minimum absolute atomic E-state index is 0.00578. The minimum atomic E-state index is -0.0577. The number of ketones is 1. The van der Waals surface area contributed by atoms with Crippen LogP contribution in [0.3, 0.4) is 0 Å². The highest BCUT2D eigenvalue weighted by molar-refractivity contribution is 5.95. The zero-order chi connectivity index (χ0) is 16.1. The second kappa shape index (κ2) is 6.71. The zero-order valence-electron chi connectivity index (χ0n) is 12.5. The molecule has 4 heteroatoms. The predicted molar refractivity (Wildman–Crippen MR) is 86.0 cm³/mol. The summed E-state index contributed by atoms with van der Waals surface area (Å²) in [5.41, 5.74) is 1.55. The lowest BCUT2D eigenvalue weighted by molar-refractivity contribution is -0.662. The van der Waals surface area contributed by atoms with Crippen molar-refractivity contribution in [2.45, 2.75) is 6.54 Å². The van der Waals surface area contributed by atoms with Crippen molar-refractivity contribution in [2.24, 2.45) is 0 Å². The summed E-state index contributed by atoms with van der Waals surface area (Å²) in [5.74, 6) is 0.503. The fraction of sp³-hybridized carbons (Fsp3) is 0.105. The Hall–Kier alpha value is -3.19. The molecule has 0 fully saturated rings. The summed E-state index contributed by atoms with van der Waals surface area (Å²) in [4.78, 5) is 12.5. The molecule has 0 radical (unpaired) electrons. The van der Waals surface area contributed by atoms with Gasteiger partial charge in [0.2, 0.25) is 17.8 Å². The quantitative estimate of drug-likeness (QED) is 0.538. The van der Waals surface area contributed by atoms with Crippen LogP contribution in [0, 0.1) is 11.3 Å². The molecule has 0 saturated heterocycles. The molecule has 1 aromatic heterocycles. The minimum Gasteiger partial charge on any atom is -0.429 e. The monoisotopic (exact) mass is 303 g/mol. The first-order chi connectivity index (χ1) is 11.3. The Bertz CT molecular complexity index is 883. The molecule has 0 aliphatic heterocycles. The molecule has 1 heterocycles. The van der Waals surface area contributed by atoms with Crippen LogP contribution in [0.2, 0.25) is 0 Å². The van der Waals surface area contributed by atoms with E-state index >= 15 is 0 Å². The number of rotatable bonds is 5. The molecule has 0 saturated carbocycles. The Morgan fingerprint density at radius 1 is 1.00 bits per heavy atom. The van der Waals surface area contributed by atoms with E-state index in [1.54, 1.807) is 18.2 Å². The summed E-state index contributed by atoms with van der Waals surface area (Å²) in [6.45, 7) is 0.101. The number of para-hydroxylation sites is 1. The molecule has 112 valence electrons. The molecule has 0 atom stereocenters. The van der Waals surface area contributed by atoms with Gasteiger partial charge >= 0.3 is 5.88 Å². The zero-order valence-corrected chi connectivity index (χ0v) is 12.5. The van der Waals surface area contributed by atoms with Crippen molar-refractivity contribution in [3.05, 3.63) is 72.3 Å². The first-order valence-corrected chi connectivity index (χ1v) is 7.29. The number of pyridine rings is 1. The number of Topliss-reactive ketones (excluding diaryl/α,β-unsaturated/α-hetero) is 1. The molecule has 3 rings (SSSR count). The van der Waals surface area contributed by atoms with Crippen molar-refractivity contribution in [3.63, 3.8) is 0 Å². The maximum absolute atomic E-state index is 12.5. The fourth-order valence-electron chi connectivity index (χ4n) is 2.50. The van der Waals surface area contributed by atoms with Crippen molar-refractivity contribution >= 4 is 16.7 Å². The van der Waals surface area contributed by atoms with Gasteiger partial charge in [0.05, 0.1) is 6.07 Å². The van der Waals surface area contributed by atoms with Gasteiger partial charge in [-0.3, -0.25) is 4.79 Å². The van der Waals surface area contributed by atoms with Crippen molar-refractivity contribution < 1.29 is 14.1 Å². The summed E-state index contributed by atoms with van der Waals surface area (Å²) in [5, 5.41) is 9.75. The van der Waals surface area contributed by atoms with Crippen molar-refractivity contribution in [1.29, 1.82) is 5.26 Å². The predicted octanol–water partition coefficient (Wildman–Crippen LogP) is 2.91. The fourth-order valence-corrected chi connectivity index (χ4v) is 2.50. The van der Waals surface area contributed by atoms with E-state index in [0.717, 1.165) is 10.9 Å². The van der Waals surface area contributed by atoms with Gasteiger partial charge in [0.25, 0.3) is 0 Å². The van der Waals surface area contributed by atoms with Crippen molar-refractivity contribution in [1.82, 2.24) is 0 Å². The molecule has 0 bridgehead atoms. The summed E-state index contributed by atoms with van der Waals surface area (Å²) >= 11 is 0. The number of benzene rings is 2. The Morgan fingerprint density at radius 3 is 2.52 bits per heavy atom. The van der Waals surface area contributed by atoms with E-state index in [0.29, 0.717) is 11.4 Å². The highest BCUT2D eigenvalue weighted by atomic mass is 16.5. The van der Waals surface area contributed by atoms with E-state index < -0.39 is 0 Å². The van der Waals surface area contributed by atoms with Gasteiger partial charge < -0.3 is 4.74 Å². The van der Waals surface area contributed by atoms with Crippen LogP contribution in [0.15, 0.2) is 66.7 Å². The van der Waals surface area contributed by atoms with E-state index in [-0.39, 0.29) is 18.9 Å². The molecule has 0 amide bonds. The smallest absolute Gasteiger partial charge is 0.369 e. The van der Waals surface area contributed by atoms with Gasteiger partial charge in [0, 0.05) is 17.0 Å². The standard InChI is InChI=1S/C19H15N2O2/c20-12-13-23-19-11-10-15-6-4-5-9-17(15)21(19)14-18(22)16-7-2-1-3-8-16/h1-11H,13-14H2/q+1. The van der Waals surface area contributed by atoms with Gasteiger partial charge in [-0.15, -0.1) is 0 Å². The topological polar surface area (TPSA) is 54.0 Å². The number of carbonyl (C=O) groups is 1. The maximum Gasteiger partial charge on any atom is 0.369 e. The van der Waals surface area contributed by atoms with E-state index in [9.17, 15) is 4.79 Å². The van der Waals surface area contributed by atoms with Gasteiger partial charge in [-0.05, 0) is 12.1 Å². The number of nitriles is 1. The van der Waals surface area contributed by atoms with E-state index in [1.165, 1.54) is 0 Å². The lowest BCUT2D eigenvalue weighted by Crippen LogP contribution is -2.40. The first-order valence-electron chi connectivity index (χ1n) is 7.29. The molecule has 4 nitrogen and oxygen atoms in total. The van der Waals surface area contributed by atoms with Crippen LogP contribution in [0.5, 0.6) is 5.88 Å². The summed E-state index contributed by atoms with van der Waals surface area (Å²) in [6.07, 6.45) is 0. The van der Waals surface area contributed by atoms with Crippen LogP contribution < -0.4 is 9.30 Å². The third kappa shape index (κ3) is 3.19. The second-order valence-corrected chi connectivity index (χ2v) is 5.05. The van der Waals surface area contributed by atoms with Crippen LogP contribution in [0.25, 0.3) is 10.9 Å². The Balaban J connectivity index is 2.03. The first kappa shape index (κ1) is 14.7. The van der Waals surface area contributed by atoms with Crippen molar-refractivity contribution in [3.8, 4) is 11.9 Å². The number of hydrogen-bond donors (Lipinski definition) is 0. The van der Waals surface area contributed by atoms with E-state index in [2.05, 4.69) is 0 Å². The summed E-state index contributed by atoms with van der Waals surface area (Å²) < 4.78 is 7.29. The highest BCUT2D eigenvalue weighted by Gasteiger charge is 2.21. The Morgan fingerprint density at radius 2 is 1.74 bits per heavy atom.